The molecule has 1 aliphatic carbocycles. The van der Waals surface area contributed by atoms with Crippen molar-refractivity contribution in [2.24, 2.45) is 5.92 Å². The maximum Gasteiger partial charge on any atom is -0.0181 e. The van der Waals surface area contributed by atoms with Crippen LogP contribution in [0.25, 0.3) is 11.1 Å². The van der Waals surface area contributed by atoms with Gasteiger partial charge in [-0.25, -0.2) is 0 Å². The summed E-state index contributed by atoms with van der Waals surface area (Å²) in [5.74, 6) is 0.913. The Balaban J connectivity index is 1.69. The van der Waals surface area contributed by atoms with Crippen molar-refractivity contribution in [3.8, 4) is 11.1 Å². The molecular formula is C24H32. The summed E-state index contributed by atoms with van der Waals surface area (Å²) in [6.07, 6.45) is 11.8. The van der Waals surface area contributed by atoms with E-state index < -0.39 is 0 Å². The van der Waals surface area contributed by atoms with E-state index >= 15 is 0 Å². The molecule has 0 spiro atoms. The fraction of sp³-hybridized carbons (Fsp3) is 0.500. The van der Waals surface area contributed by atoms with Gasteiger partial charge in [-0.2, -0.15) is 0 Å². The summed E-state index contributed by atoms with van der Waals surface area (Å²) in [4.78, 5) is 0. The highest BCUT2D eigenvalue weighted by atomic mass is 14.2. The van der Waals surface area contributed by atoms with Gasteiger partial charge in [0.15, 0.2) is 0 Å². The third-order valence-electron chi connectivity index (χ3n) is 5.59. The molecular weight excluding hydrogens is 288 g/mol. The molecule has 0 saturated carbocycles. The van der Waals surface area contributed by atoms with Crippen LogP contribution in [0.3, 0.4) is 0 Å². The van der Waals surface area contributed by atoms with E-state index in [-0.39, 0.29) is 0 Å². The van der Waals surface area contributed by atoms with Crippen LogP contribution < -0.4 is 0 Å². The number of unbranched alkanes of at least 4 members (excludes halogenated alkanes) is 2. The second-order valence-corrected chi connectivity index (χ2v) is 7.54. The van der Waals surface area contributed by atoms with Crippen molar-refractivity contribution in [1.29, 1.82) is 0 Å². The maximum atomic E-state index is 2.45. The number of benzene rings is 2. The van der Waals surface area contributed by atoms with E-state index in [0.29, 0.717) is 0 Å². The minimum Gasteiger partial charge on any atom is -0.0654 e. The van der Waals surface area contributed by atoms with Crippen LogP contribution in [0.1, 0.15) is 69.1 Å². The predicted molar refractivity (Wildman–Crippen MR) is 106 cm³/mol. The molecule has 0 fully saturated rings. The fourth-order valence-electron chi connectivity index (χ4n) is 4.11. The molecule has 128 valence electrons. The van der Waals surface area contributed by atoms with E-state index in [1.807, 2.05) is 0 Å². The molecule has 1 unspecified atom stereocenters. The molecule has 0 aliphatic heterocycles. The van der Waals surface area contributed by atoms with Crippen molar-refractivity contribution in [2.75, 3.05) is 0 Å². The maximum absolute atomic E-state index is 2.45. The van der Waals surface area contributed by atoms with Crippen molar-refractivity contribution in [3.63, 3.8) is 0 Å². The third kappa shape index (κ3) is 4.29. The summed E-state index contributed by atoms with van der Waals surface area (Å²) in [5, 5.41) is 0. The summed E-state index contributed by atoms with van der Waals surface area (Å²) in [6, 6.07) is 16.4. The highest BCUT2D eigenvalue weighted by Gasteiger charge is 2.18. The van der Waals surface area contributed by atoms with Crippen molar-refractivity contribution >= 4 is 0 Å². The second-order valence-electron chi connectivity index (χ2n) is 7.54. The average Bonchev–Trinajstić information content (AvgIpc) is 2.62. The molecule has 3 rings (SSSR count). The summed E-state index contributed by atoms with van der Waals surface area (Å²) in [6.45, 7) is 4.58. The lowest BCUT2D eigenvalue weighted by atomic mass is 9.81. The normalized spacial score (nSPS) is 16.8. The zero-order chi connectivity index (χ0) is 16.8. The molecule has 0 N–H and O–H groups in total. The summed E-state index contributed by atoms with van der Waals surface area (Å²) < 4.78 is 0. The Morgan fingerprint density at radius 1 is 0.833 bits per heavy atom. The first-order chi connectivity index (χ1) is 11.8. The van der Waals surface area contributed by atoms with Crippen LogP contribution in [0.2, 0.25) is 0 Å². The summed E-state index contributed by atoms with van der Waals surface area (Å²) in [7, 11) is 0. The number of hydrogen-bond donors (Lipinski definition) is 0. The average molecular weight is 321 g/mol. The largest absolute Gasteiger partial charge is 0.0654 e. The molecule has 0 aromatic heterocycles. The van der Waals surface area contributed by atoms with E-state index in [1.165, 1.54) is 74.5 Å². The van der Waals surface area contributed by atoms with Crippen molar-refractivity contribution < 1.29 is 0 Å². The smallest absolute Gasteiger partial charge is 0.0181 e. The monoisotopic (exact) mass is 320 g/mol. The van der Waals surface area contributed by atoms with Gasteiger partial charge in [0.1, 0.15) is 0 Å². The fourth-order valence-corrected chi connectivity index (χ4v) is 4.11. The molecule has 1 atom stereocenters. The van der Waals surface area contributed by atoms with Gasteiger partial charge < -0.3 is 0 Å². The Labute approximate surface area is 148 Å². The molecule has 2 aromatic rings. The molecule has 0 heteroatoms. The Morgan fingerprint density at radius 2 is 1.62 bits per heavy atom. The van der Waals surface area contributed by atoms with Gasteiger partial charge in [0, 0.05) is 0 Å². The van der Waals surface area contributed by atoms with Crippen molar-refractivity contribution in [3.05, 3.63) is 59.2 Å². The van der Waals surface area contributed by atoms with Gasteiger partial charge in [-0.15, -0.1) is 0 Å². The zero-order valence-corrected chi connectivity index (χ0v) is 15.5. The van der Waals surface area contributed by atoms with E-state index in [0.717, 1.165) is 5.92 Å². The SMILES string of the molecule is CCCCCc1ccc(-c2ccc3c(c2)CCC(CCC)C3)cc1. The molecule has 0 nitrogen and oxygen atoms in total. The lowest BCUT2D eigenvalue weighted by molar-refractivity contribution is 0.423. The molecule has 0 bridgehead atoms. The Morgan fingerprint density at radius 3 is 2.38 bits per heavy atom. The lowest BCUT2D eigenvalue weighted by Gasteiger charge is -2.25. The first-order valence-electron chi connectivity index (χ1n) is 10.0. The lowest BCUT2D eigenvalue weighted by Crippen LogP contribution is -2.14. The molecule has 0 amide bonds. The van der Waals surface area contributed by atoms with Crippen LogP contribution in [0, 0.1) is 5.92 Å². The standard InChI is InChI=1S/C24H32/c1-3-5-6-8-19-9-12-21(13-10-19)23-16-15-22-17-20(7-4-2)11-14-24(22)18-23/h9-10,12-13,15-16,18,20H,3-8,11,14,17H2,1-2H3. The number of hydrogen-bond acceptors (Lipinski definition) is 0. The predicted octanol–water partition coefficient (Wildman–Crippen LogP) is 6.99. The van der Waals surface area contributed by atoms with Crippen LogP contribution in [0.4, 0.5) is 0 Å². The Kier molecular flexibility index (Phi) is 6.12. The van der Waals surface area contributed by atoms with Crippen LogP contribution in [-0.2, 0) is 19.3 Å². The van der Waals surface area contributed by atoms with Crippen LogP contribution in [-0.4, -0.2) is 0 Å². The third-order valence-corrected chi connectivity index (χ3v) is 5.59. The molecule has 0 saturated heterocycles. The minimum absolute atomic E-state index is 0.913. The van der Waals surface area contributed by atoms with Gasteiger partial charge in [-0.05, 0) is 65.8 Å². The molecule has 24 heavy (non-hydrogen) atoms. The van der Waals surface area contributed by atoms with E-state index in [9.17, 15) is 0 Å². The molecule has 1 aliphatic rings. The van der Waals surface area contributed by atoms with E-state index in [4.69, 9.17) is 0 Å². The number of rotatable bonds is 7. The van der Waals surface area contributed by atoms with Gasteiger partial charge >= 0.3 is 0 Å². The Bertz CT molecular complexity index is 636. The summed E-state index contributed by atoms with van der Waals surface area (Å²) >= 11 is 0. The van der Waals surface area contributed by atoms with E-state index in [2.05, 4.69) is 56.3 Å². The number of fused-ring (bicyclic) bond motifs is 1. The van der Waals surface area contributed by atoms with Crippen molar-refractivity contribution in [2.45, 2.75) is 71.6 Å². The minimum atomic E-state index is 0.913. The van der Waals surface area contributed by atoms with Gasteiger partial charge in [0.05, 0.1) is 0 Å². The van der Waals surface area contributed by atoms with Crippen LogP contribution in [0.5, 0.6) is 0 Å². The van der Waals surface area contributed by atoms with E-state index in [1.54, 1.807) is 11.1 Å². The first-order valence-corrected chi connectivity index (χ1v) is 10.0. The molecule has 0 heterocycles. The topological polar surface area (TPSA) is 0 Å². The highest BCUT2D eigenvalue weighted by Crippen LogP contribution is 2.31. The first kappa shape index (κ1) is 17.3. The Hall–Kier alpha value is -1.56. The second kappa shape index (κ2) is 8.51. The van der Waals surface area contributed by atoms with Gasteiger partial charge in [-0.1, -0.05) is 82.0 Å². The van der Waals surface area contributed by atoms with Crippen molar-refractivity contribution in [1.82, 2.24) is 0 Å². The van der Waals surface area contributed by atoms with Gasteiger partial charge in [0.2, 0.25) is 0 Å². The van der Waals surface area contributed by atoms with Crippen LogP contribution >= 0.6 is 0 Å². The number of aryl methyl sites for hydroxylation is 2. The summed E-state index contributed by atoms with van der Waals surface area (Å²) in [5.41, 5.74) is 7.43. The van der Waals surface area contributed by atoms with Gasteiger partial charge in [0.25, 0.3) is 0 Å². The highest BCUT2D eigenvalue weighted by molar-refractivity contribution is 5.65. The molecule has 0 radical (unpaired) electrons. The van der Waals surface area contributed by atoms with Crippen LogP contribution in [0.15, 0.2) is 42.5 Å². The quantitative estimate of drug-likeness (QED) is 0.482. The zero-order valence-electron chi connectivity index (χ0n) is 15.5. The molecule has 2 aromatic carbocycles. The van der Waals surface area contributed by atoms with Gasteiger partial charge in [-0.3, -0.25) is 0 Å².